The maximum atomic E-state index is 13.1. The summed E-state index contributed by atoms with van der Waals surface area (Å²) >= 11 is 0. The molecule has 0 fully saturated rings. The number of carbonyl (C=O) groups is 3. The molecule has 4 rings (SSSR count). The SMILES string of the molecule is CC(CC(=O)O)NC(=O)[C@H](NC(=O)OCC1c2ccccc2-c2ccccc21)[C@H](C)OCc1ccccc1. The van der Waals surface area contributed by atoms with Crippen molar-refractivity contribution in [2.75, 3.05) is 6.61 Å². The van der Waals surface area contributed by atoms with Gasteiger partial charge in [-0.15, -0.1) is 0 Å². The molecule has 8 nitrogen and oxygen atoms in total. The second-order valence-corrected chi connectivity index (χ2v) is 9.46. The number of hydrogen-bond donors (Lipinski definition) is 3. The van der Waals surface area contributed by atoms with Gasteiger partial charge in [0.05, 0.1) is 19.1 Å². The molecule has 3 aromatic rings. The minimum absolute atomic E-state index is 0.100. The van der Waals surface area contributed by atoms with E-state index in [0.717, 1.165) is 27.8 Å². The van der Waals surface area contributed by atoms with E-state index >= 15 is 0 Å². The number of fused-ring (bicyclic) bond motifs is 3. The lowest BCUT2D eigenvalue weighted by Gasteiger charge is -2.26. The van der Waals surface area contributed by atoms with E-state index in [-0.39, 0.29) is 25.6 Å². The number of alkyl carbamates (subject to hydrolysis) is 1. The smallest absolute Gasteiger partial charge is 0.407 e. The fourth-order valence-corrected chi connectivity index (χ4v) is 4.71. The molecule has 3 aromatic carbocycles. The lowest BCUT2D eigenvalue weighted by atomic mass is 9.98. The molecule has 198 valence electrons. The summed E-state index contributed by atoms with van der Waals surface area (Å²) in [7, 11) is 0. The number of aliphatic carboxylic acids is 1. The number of nitrogens with one attached hydrogen (secondary N) is 2. The Bertz CT molecular complexity index is 1230. The van der Waals surface area contributed by atoms with Gasteiger partial charge in [-0.3, -0.25) is 9.59 Å². The van der Waals surface area contributed by atoms with Gasteiger partial charge in [0, 0.05) is 12.0 Å². The van der Waals surface area contributed by atoms with Crippen LogP contribution in [0.25, 0.3) is 11.1 Å². The summed E-state index contributed by atoms with van der Waals surface area (Å²) in [6.45, 7) is 3.61. The van der Waals surface area contributed by atoms with E-state index in [1.165, 1.54) is 0 Å². The zero-order valence-electron chi connectivity index (χ0n) is 21.4. The summed E-state index contributed by atoms with van der Waals surface area (Å²) in [5, 5.41) is 14.3. The Labute approximate surface area is 222 Å². The standard InChI is InChI=1S/C30H32N2O6/c1-19(16-27(33)34)31-29(35)28(20(2)37-17-21-10-4-3-5-11-21)32-30(36)38-18-26-24-14-8-6-12-22(24)23-13-7-9-15-25(23)26/h3-15,19-20,26,28H,16-18H2,1-2H3,(H,31,35)(H,32,36)(H,33,34)/t19?,20-,28+/m0/s1. The average Bonchev–Trinajstić information content (AvgIpc) is 3.23. The maximum Gasteiger partial charge on any atom is 0.407 e. The highest BCUT2D eigenvalue weighted by Crippen LogP contribution is 2.44. The molecule has 0 heterocycles. The first-order chi connectivity index (χ1) is 18.3. The van der Waals surface area contributed by atoms with Gasteiger partial charge in [0.25, 0.3) is 0 Å². The van der Waals surface area contributed by atoms with Crippen molar-refractivity contribution in [1.29, 1.82) is 0 Å². The van der Waals surface area contributed by atoms with Crippen molar-refractivity contribution < 1.29 is 29.0 Å². The van der Waals surface area contributed by atoms with Gasteiger partial charge >= 0.3 is 12.1 Å². The fourth-order valence-electron chi connectivity index (χ4n) is 4.71. The highest BCUT2D eigenvalue weighted by Gasteiger charge is 2.32. The molecule has 3 N–H and O–H groups in total. The normalized spacial score (nSPS) is 14.5. The molecule has 2 amide bonds. The Morgan fingerprint density at radius 1 is 0.842 bits per heavy atom. The molecule has 3 atom stereocenters. The zero-order valence-corrected chi connectivity index (χ0v) is 21.4. The van der Waals surface area contributed by atoms with E-state index in [4.69, 9.17) is 14.6 Å². The summed E-state index contributed by atoms with van der Waals surface area (Å²) in [5.74, 6) is -1.71. The van der Waals surface area contributed by atoms with Gasteiger partial charge in [0.1, 0.15) is 12.6 Å². The molecule has 0 radical (unpaired) electrons. The molecule has 1 aliphatic rings. The molecule has 38 heavy (non-hydrogen) atoms. The van der Waals surface area contributed by atoms with Crippen LogP contribution in [0.2, 0.25) is 0 Å². The van der Waals surface area contributed by atoms with Crippen LogP contribution in [0.1, 0.15) is 42.9 Å². The first kappa shape index (κ1) is 26.9. The largest absolute Gasteiger partial charge is 0.481 e. The van der Waals surface area contributed by atoms with E-state index in [0.29, 0.717) is 0 Å². The third-order valence-electron chi connectivity index (χ3n) is 6.59. The quantitative estimate of drug-likeness (QED) is 0.346. The van der Waals surface area contributed by atoms with Crippen molar-refractivity contribution in [3.63, 3.8) is 0 Å². The van der Waals surface area contributed by atoms with Crippen LogP contribution in [0.5, 0.6) is 0 Å². The van der Waals surface area contributed by atoms with E-state index in [1.54, 1.807) is 13.8 Å². The van der Waals surface area contributed by atoms with Crippen LogP contribution >= 0.6 is 0 Å². The fraction of sp³-hybridized carbons (Fsp3) is 0.300. The summed E-state index contributed by atoms with van der Waals surface area (Å²) < 4.78 is 11.5. The third-order valence-corrected chi connectivity index (χ3v) is 6.59. The Balaban J connectivity index is 1.43. The van der Waals surface area contributed by atoms with Crippen molar-refractivity contribution >= 4 is 18.0 Å². The van der Waals surface area contributed by atoms with E-state index in [9.17, 15) is 14.4 Å². The zero-order chi connectivity index (χ0) is 27.1. The van der Waals surface area contributed by atoms with Crippen molar-refractivity contribution in [2.24, 2.45) is 0 Å². The molecule has 0 aromatic heterocycles. The molecule has 1 unspecified atom stereocenters. The number of carboxylic acids is 1. The molecule has 1 aliphatic carbocycles. The molecular formula is C30H32N2O6. The summed E-state index contributed by atoms with van der Waals surface area (Å²) in [4.78, 5) is 37.0. The Hall–Kier alpha value is -4.17. The number of carbonyl (C=O) groups excluding carboxylic acids is 2. The number of ether oxygens (including phenoxy) is 2. The van der Waals surface area contributed by atoms with Crippen LogP contribution in [-0.4, -0.2) is 47.9 Å². The molecule has 0 saturated heterocycles. The van der Waals surface area contributed by atoms with Crippen LogP contribution in [0.4, 0.5) is 4.79 Å². The third kappa shape index (κ3) is 6.58. The van der Waals surface area contributed by atoms with Crippen molar-refractivity contribution in [3.8, 4) is 11.1 Å². The molecule has 0 saturated carbocycles. The van der Waals surface area contributed by atoms with E-state index in [2.05, 4.69) is 22.8 Å². The number of hydrogen-bond acceptors (Lipinski definition) is 5. The molecular weight excluding hydrogens is 484 g/mol. The lowest BCUT2D eigenvalue weighted by molar-refractivity contribution is -0.137. The predicted octanol–water partition coefficient (Wildman–Crippen LogP) is 4.48. The van der Waals surface area contributed by atoms with E-state index in [1.807, 2.05) is 66.7 Å². The topological polar surface area (TPSA) is 114 Å². The van der Waals surface area contributed by atoms with E-state index < -0.39 is 36.2 Å². The Morgan fingerprint density at radius 2 is 1.42 bits per heavy atom. The van der Waals surface area contributed by atoms with Crippen LogP contribution in [0.15, 0.2) is 78.9 Å². The van der Waals surface area contributed by atoms with Gasteiger partial charge in [-0.05, 0) is 41.7 Å². The molecule has 8 heteroatoms. The summed E-state index contributed by atoms with van der Waals surface area (Å²) in [5.41, 5.74) is 5.31. The number of amides is 2. The number of carboxylic acid groups (broad SMARTS) is 1. The number of benzene rings is 3. The predicted molar refractivity (Wildman–Crippen MR) is 143 cm³/mol. The van der Waals surface area contributed by atoms with Crippen molar-refractivity contribution in [1.82, 2.24) is 10.6 Å². The summed E-state index contributed by atoms with van der Waals surface area (Å²) in [6.07, 6.45) is -1.72. The van der Waals surface area contributed by atoms with Crippen molar-refractivity contribution in [2.45, 2.75) is 51.0 Å². The van der Waals surface area contributed by atoms with Gasteiger partial charge in [0.15, 0.2) is 0 Å². The average molecular weight is 517 g/mol. The monoisotopic (exact) mass is 516 g/mol. The maximum absolute atomic E-state index is 13.1. The summed E-state index contributed by atoms with van der Waals surface area (Å²) in [6, 6.07) is 23.8. The van der Waals surface area contributed by atoms with Gasteiger partial charge in [-0.2, -0.15) is 0 Å². The van der Waals surface area contributed by atoms with Crippen LogP contribution in [0.3, 0.4) is 0 Å². The van der Waals surface area contributed by atoms with Crippen LogP contribution in [0, 0.1) is 0 Å². The van der Waals surface area contributed by atoms with Gasteiger partial charge in [0.2, 0.25) is 5.91 Å². The molecule has 0 aliphatic heterocycles. The molecule has 0 spiro atoms. The highest BCUT2D eigenvalue weighted by atomic mass is 16.5. The first-order valence-corrected chi connectivity index (χ1v) is 12.6. The number of rotatable bonds is 11. The lowest BCUT2D eigenvalue weighted by Crippen LogP contribution is -2.55. The van der Waals surface area contributed by atoms with Crippen LogP contribution < -0.4 is 10.6 Å². The second-order valence-electron chi connectivity index (χ2n) is 9.46. The van der Waals surface area contributed by atoms with Gasteiger partial charge in [-0.25, -0.2) is 4.79 Å². The highest BCUT2D eigenvalue weighted by molar-refractivity contribution is 5.87. The minimum Gasteiger partial charge on any atom is -0.481 e. The first-order valence-electron chi connectivity index (χ1n) is 12.6. The van der Waals surface area contributed by atoms with Gasteiger partial charge in [-0.1, -0.05) is 78.9 Å². The Kier molecular flexibility index (Phi) is 8.76. The van der Waals surface area contributed by atoms with Gasteiger partial charge < -0.3 is 25.2 Å². The molecule has 0 bridgehead atoms. The second kappa shape index (κ2) is 12.4. The van der Waals surface area contributed by atoms with Crippen LogP contribution in [-0.2, 0) is 25.7 Å². The van der Waals surface area contributed by atoms with Crippen molar-refractivity contribution in [3.05, 3.63) is 95.6 Å². The minimum atomic E-state index is -1.09. The Morgan fingerprint density at radius 3 is 2.03 bits per heavy atom.